The predicted octanol–water partition coefficient (Wildman–Crippen LogP) is 2.55. The summed E-state index contributed by atoms with van der Waals surface area (Å²) in [4.78, 5) is 14.3. The van der Waals surface area contributed by atoms with Crippen LogP contribution in [0.2, 0.25) is 0 Å². The summed E-state index contributed by atoms with van der Waals surface area (Å²) in [5.41, 5.74) is 5.60. The van der Waals surface area contributed by atoms with Crippen molar-refractivity contribution in [2.24, 2.45) is 5.73 Å². The van der Waals surface area contributed by atoms with Crippen LogP contribution in [0.1, 0.15) is 35.2 Å². The van der Waals surface area contributed by atoms with Crippen LogP contribution in [0.25, 0.3) is 0 Å². The summed E-state index contributed by atoms with van der Waals surface area (Å²) >= 11 is 4.80. The zero-order valence-electron chi connectivity index (χ0n) is 11.2. The van der Waals surface area contributed by atoms with E-state index in [2.05, 4.69) is 0 Å². The van der Waals surface area contributed by atoms with Crippen molar-refractivity contribution < 1.29 is 13.6 Å². The summed E-state index contributed by atoms with van der Waals surface area (Å²) in [5, 5.41) is 0. The third kappa shape index (κ3) is 3.30. The van der Waals surface area contributed by atoms with Gasteiger partial charge in [-0.05, 0) is 31.4 Å². The van der Waals surface area contributed by atoms with Gasteiger partial charge < -0.3 is 10.6 Å². The molecule has 0 unspecified atom stereocenters. The van der Waals surface area contributed by atoms with Crippen molar-refractivity contribution in [2.45, 2.75) is 32.2 Å². The first kappa shape index (κ1) is 14.8. The van der Waals surface area contributed by atoms with Gasteiger partial charge in [0.1, 0.15) is 11.6 Å². The van der Waals surface area contributed by atoms with Crippen molar-refractivity contribution in [2.75, 3.05) is 6.54 Å². The number of hydrogen-bond acceptors (Lipinski definition) is 2. The van der Waals surface area contributed by atoms with Gasteiger partial charge in [-0.2, -0.15) is 0 Å². The molecular weight excluding hydrogens is 282 g/mol. The molecule has 20 heavy (non-hydrogen) atoms. The molecule has 0 aromatic heterocycles. The molecule has 1 amide bonds. The first-order valence-corrected chi connectivity index (χ1v) is 6.86. The van der Waals surface area contributed by atoms with Crippen LogP contribution in [0.5, 0.6) is 0 Å². The molecule has 2 N–H and O–H groups in total. The van der Waals surface area contributed by atoms with Crippen LogP contribution in [-0.2, 0) is 0 Å². The highest BCUT2D eigenvalue weighted by atomic mass is 32.1. The number of carbonyl (C=O) groups excluding carboxylic acids is 1. The number of halogens is 2. The fourth-order valence-electron chi connectivity index (χ4n) is 2.04. The molecule has 0 aliphatic heterocycles. The summed E-state index contributed by atoms with van der Waals surface area (Å²) in [6, 6.07) is 2.12. The molecule has 0 radical (unpaired) electrons. The minimum atomic E-state index is -0.834. The number of aryl methyl sites for hydroxylation is 1. The number of benzene rings is 1. The number of thiocarbonyl (C=S) groups is 1. The molecule has 108 valence electrons. The lowest BCUT2D eigenvalue weighted by Crippen LogP contribution is -2.36. The van der Waals surface area contributed by atoms with E-state index >= 15 is 0 Å². The number of nitrogens with two attached hydrogens (primary N) is 1. The molecule has 1 aromatic rings. The highest BCUT2D eigenvalue weighted by Crippen LogP contribution is 2.29. The van der Waals surface area contributed by atoms with Crippen LogP contribution in [0.3, 0.4) is 0 Å². The Bertz CT molecular complexity index is 558. The van der Waals surface area contributed by atoms with E-state index in [1.807, 2.05) is 0 Å². The molecule has 1 fully saturated rings. The van der Waals surface area contributed by atoms with E-state index in [0.29, 0.717) is 18.0 Å². The minimum absolute atomic E-state index is 0.0984. The standard InChI is InChI=1S/C14H16F2N2OS/c1-8-6-10(12(16)7-11(8)15)14(19)18(9-2-3-9)5-4-13(17)20/h6-7,9H,2-5H2,1H3,(H2,17,20). The summed E-state index contributed by atoms with van der Waals surface area (Å²) < 4.78 is 27.0. The van der Waals surface area contributed by atoms with Gasteiger partial charge in [-0.1, -0.05) is 12.2 Å². The molecule has 2 rings (SSSR count). The normalized spacial score (nSPS) is 14.2. The molecule has 1 saturated carbocycles. The Balaban J connectivity index is 2.23. The average Bonchev–Trinajstić information content (AvgIpc) is 3.18. The first-order chi connectivity index (χ1) is 9.40. The van der Waals surface area contributed by atoms with Crippen molar-refractivity contribution in [1.29, 1.82) is 0 Å². The molecule has 0 spiro atoms. The molecule has 0 heterocycles. The van der Waals surface area contributed by atoms with Crippen LogP contribution in [0, 0.1) is 18.6 Å². The second-order valence-electron chi connectivity index (χ2n) is 5.03. The van der Waals surface area contributed by atoms with Gasteiger partial charge in [0.2, 0.25) is 0 Å². The number of carbonyl (C=O) groups is 1. The quantitative estimate of drug-likeness (QED) is 0.850. The number of amides is 1. The lowest BCUT2D eigenvalue weighted by Gasteiger charge is -2.22. The molecule has 1 aliphatic carbocycles. The molecular formula is C14H16F2N2OS. The van der Waals surface area contributed by atoms with Crippen LogP contribution in [0.4, 0.5) is 8.78 Å². The minimum Gasteiger partial charge on any atom is -0.393 e. The molecule has 1 aliphatic rings. The Morgan fingerprint density at radius 1 is 1.40 bits per heavy atom. The van der Waals surface area contributed by atoms with E-state index < -0.39 is 17.5 Å². The Morgan fingerprint density at radius 3 is 2.60 bits per heavy atom. The van der Waals surface area contributed by atoms with Crippen LogP contribution in [-0.4, -0.2) is 28.4 Å². The third-order valence-corrected chi connectivity index (χ3v) is 3.53. The largest absolute Gasteiger partial charge is 0.393 e. The van der Waals surface area contributed by atoms with Crippen molar-refractivity contribution in [1.82, 2.24) is 4.90 Å². The molecule has 6 heteroatoms. The van der Waals surface area contributed by atoms with Crippen molar-refractivity contribution in [3.05, 3.63) is 34.9 Å². The van der Waals surface area contributed by atoms with Gasteiger partial charge in [-0.15, -0.1) is 0 Å². The topological polar surface area (TPSA) is 46.3 Å². The van der Waals surface area contributed by atoms with E-state index in [9.17, 15) is 13.6 Å². The summed E-state index contributed by atoms with van der Waals surface area (Å²) in [7, 11) is 0. The monoisotopic (exact) mass is 298 g/mol. The van der Waals surface area contributed by atoms with Crippen LogP contribution >= 0.6 is 12.2 Å². The van der Waals surface area contributed by atoms with E-state index in [1.54, 1.807) is 4.90 Å². The molecule has 0 atom stereocenters. The maximum Gasteiger partial charge on any atom is 0.257 e. The van der Waals surface area contributed by atoms with E-state index in [-0.39, 0.29) is 17.2 Å². The highest BCUT2D eigenvalue weighted by molar-refractivity contribution is 7.80. The van der Waals surface area contributed by atoms with Crippen LogP contribution in [0.15, 0.2) is 12.1 Å². The van der Waals surface area contributed by atoms with Gasteiger partial charge in [-0.3, -0.25) is 4.79 Å². The zero-order valence-corrected chi connectivity index (χ0v) is 12.0. The Hall–Kier alpha value is -1.56. The average molecular weight is 298 g/mol. The fraction of sp³-hybridized carbons (Fsp3) is 0.429. The summed E-state index contributed by atoms with van der Waals surface area (Å²) in [6.07, 6.45) is 2.19. The fourth-order valence-corrected chi connectivity index (χ4v) is 2.13. The highest BCUT2D eigenvalue weighted by Gasteiger charge is 2.34. The number of nitrogens with zero attached hydrogens (tertiary/aromatic N) is 1. The van der Waals surface area contributed by atoms with E-state index in [4.69, 9.17) is 18.0 Å². The third-order valence-electron chi connectivity index (χ3n) is 3.33. The maximum atomic E-state index is 13.8. The summed E-state index contributed by atoms with van der Waals surface area (Å²) in [5.74, 6) is -1.91. The number of rotatable bonds is 5. The second-order valence-corrected chi connectivity index (χ2v) is 5.55. The molecule has 0 saturated heterocycles. The number of hydrogen-bond donors (Lipinski definition) is 1. The van der Waals surface area contributed by atoms with Gasteiger partial charge in [0.25, 0.3) is 5.91 Å². The van der Waals surface area contributed by atoms with Crippen molar-refractivity contribution in [3.63, 3.8) is 0 Å². The SMILES string of the molecule is Cc1cc(C(=O)N(CCC(N)=S)C2CC2)c(F)cc1F. The smallest absolute Gasteiger partial charge is 0.257 e. The first-order valence-electron chi connectivity index (χ1n) is 6.45. The Kier molecular flexibility index (Phi) is 4.32. The van der Waals surface area contributed by atoms with Gasteiger partial charge in [0.15, 0.2) is 0 Å². The lowest BCUT2D eigenvalue weighted by molar-refractivity contribution is 0.0743. The van der Waals surface area contributed by atoms with Crippen molar-refractivity contribution >= 4 is 23.1 Å². The van der Waals surface area contributed by atoms with E-state index in [1.165, 1.54) is 13.0 Å². The summed E-state index contributed by atoms with van der Waals surface area (Å²) in [6.45, 7) is 1.87. The van der Waals surface area contributed by atoms with Gasteiger partial charge in [0, 0.05) is 25.1 Å². The maximum absolute atomic E-state index is 13.8. The van der Waals surface area contributed by atoms with Gasteiger partial charge in [0.05, 0.1) is 10.6 Å². The van der Waals surface area contributed by atoms with Gasteiger partial charge in [-0.25, -0.2) is 8.78 Å². The van der Waals surface area contributed by atoms with Crippen molar-refractivity contribution in [3.8, 4) is 0 Å². The zero-order chi connectivity index (χ0) is 14.9. The molecule has 3 nitrogen and oxygen atoms in total. The van der Waals surface area contributed by atoms with Crippen LogP contribution < -0.4 is 5.73 Å². The van der Waals surface area contributed by atoms with Gasteiger partial charge >= 0.3 is 0 Å². The second kappa shape index (κ2) is 5.83. The Labute approximate surface area is 121 Å². The molecule has 0 bridgehead atoms. The Morgan fingerprint density at radius 2 is 2.05 bits per heavy atom. The predicted molar refractivity (Wildman–Crippen MR) is 76.6 cm³/mol. The van der Waals surface area contributed by atoms with E-state index in [0.717, 1.165) is 18.9 Å². The molecule has 1 aromatic carbocycles. The lowest BCUT2D eigenvalue weighted by atomic mass is 10.1.